The van der Waals surface area contributed by atoms with Gasteiger partial charge < -0.3 is 5.32 Å². The van der Waals surface area contributed by atoms with Crippen molar-refractivity contribution in [3.8, 4) is 0 Å². The first-order valence-corrected chi connectivity index (χ1v) is 11.5. The number of hydrogen-bond donors (Lipinski definition) is 1. The molecule has 4 heteroatoms. The number of hydrogen-bond acceptors (Lipinski definition) is 1. The Hall–Kier alpha value is -0.873. The van der Waals surface area contributed by atoms with Crippen LogP contribution in [0.3, 0.4) is 0 Å². The maximum atomic E-state index is 12.2. The van der Waals surface area contributed by atoms with E-state index in [0.29, 0.717) is 16.6 Å². The zero-order valence-corrected chi connectivity index (χ0v) is 18.0. The van der Waals surface area contributed by atoms with E-state index in [0.717, 1.165) is 15.6 Å². The summed E-state index contributed by atoms with van der Waals surface area (Å²) in [5.41, 5.74) is 6.17. The van der Waals surface area contributed by atoms with Gasteiger partial charge in [-0.2, -0.15) is 0 Å². The largest absolute Gasteiger partial charge is 0.355 e. The second-order valence-electron chi connectivity index (χ2n) is 7.11. The number of nitrogens with one attached hydrogen (secondary N) is 1. The van der Waals surface area contributed by atoms with Crippen LogP contribution in [0.4, 0.5) is 0 Å². The average molecular weight is 396 g/mol. The smallest absolute Gasteiger partial charge is 0.251 e. The van der Waals surface area contributed by atoms with Crippen LogP contribution in [-0.4, -0.2) is 21.0 Å². The molecule has 23 heavy (non-hydrogen) atoms. The van der Waals surface area contributed by atoms with E-state index in [2.05, 4.69) is 74.6 Å². The van der Waals surface area contributed by atoms with Crippen molar-refractivity contribution in [2.24, 2.45) is 0 Å². The molecule has 0 spiro atoms. The van der Waals surface area contributed by atoms with Crippen LogP contribution in [0.2, 0.25) is 16.6 Å². The number of rotatable bonds is 6. The standard InChI is InChI=1S/C19H30BrNOSi/c1-13(2)23(14(3)4,15(5)6)11-10-16-8-9-17(20)12-18(16)19(22)21-7/h8-15H,1-7H3,(H,21,22)/b11-10+. The molecule has 1 N–H and O–H groups in total. The van der Waals surface area contributed by atoms with Crippen molar-refractivity contribution in [3.05, 3.63) is 39.5 Å². The van der Waals surface area contributed by atoms with Crippen molar-refractivity contribution in [1.29, 1.82) is 0 Å². The quantitative estimate of drug-likeness (QED) is 0.584. The van der Waals surface area contributed by atoms with E-state index >= 15 is 0 Å². The zero-order valence-electron chi connectivity index (χ0n) is 15.4. The minimum absolute atomic E-state index is 0.0446. The first kappa shape index (κ1) is 20.2. The Bertz CT molecular complexity index is 557. The Kier molecular flexibility index (Phi) is 7.27. The Morgan fingerprint density at radius 3 is 2.04 bits per heavy atom. The second-order valence-corrected chi connectivity index (χ2v) is 13.8. The van der Waals surface area contributed by atoms with Gasteiger partial charge in [0, 0.05) is 17.1 Å². The number of amides is 1. The first-order valence-electron chi connectivity index (χ1n) is 8.37. The van der Waals surface area contributed by atoms with Gasteiger partial charge in [0.1, 0.15) is 0 Å². The summed E-state index contributed by atoms with van der Waals surface area (Å²) < 4.78 is 0.924. The zero-order chi connectivity index (χ0) is 17.8. The van der Waals surface area contributed by atoms with Crippen LogP contribution in [0, 0.1) is 0 Å². The minimum atomic E-state index is -1.62. The van der Waals surface area contributed by atoms with E-state index in [4.69, 9.17) is 0 Å². The van der Waals surface area contributed by atoms with Crippen molar-refractivity contribution in [2.75, 3.05) is 7.05 Å². The van der Waals surface area contributed by atoms with Crippen molar-refractivity contribution in [3.63, 3.8) is 0 Å². The molecule has 2 nitrogen and oxygen atoms in total. The molecule has 1 amide bonds. The van der Waals surface area contributed by atoms with Crippen LogP contribution in [0.1, 0.15) is 57.5 Å². The molecule has 0 aliphatic carbocycles. The molecule has 0 atom stereocenters. The normalized spacial score (nSPS) is 12.7. The molecule has 0 aliphatic heterocycles. The fourth-order valence-electron chi connectivity index (χ4n) is 3.82. The first-order chi connectivity index (χ1) is 10.7. The van der Waals surface area contributed by atoms with Gasteiger partial charge in [-0.1, -0.05) is 75.3 Å². The summed E-state index contributed by atoms with van der Waals surface area (Å²) >= 11 is 3.46. The van der Waals surface area contributed by atoms with Crippen LogP contribution < -0.4 is 5.32 Å². The molecule has 1 aromatic rings. The minimum Gasteiger partial charge on any atom is -0.355 e. The lowest BCUT2D eigenvalue weighted by Gasteiger charge is -2.40. The summed E-state index contributed by atoms with van der Waals surface area (Å²) in [6.07, 6.45) is 2.18. The number of halogens is 1. The van der Waals surface area contributed by atoms with E-state index in [1.807, 2.05) is 18.2 Å². The Labute approximate surface area is 150 Å². The van der Waals surface area contributed by atoms with E-state index < -0.39 is 8.07 Å². The highest BCUT2D eigenvalue weighted by Crippen LogP contribution is 2.42. The number of benzene rings is 1. The predicted molar refractivity (Wildman–Crippen MR) is 108 cm³/mol. The molecule has 0 saturated heterocycles. The van der Waals surface area contributed by atoms with Crippen molar-refractivity contribution in [1.82, 2.24) is 5.32 Å². The van der Waals surface area contributed by atoms with Crippen LogP contribution in [0.25, 0.3) is 6.08 Å². The Morgan fingerprint density at radius 2 is 1.61 bits per heavy atom. The number of carbonyl (C=O) groups is 1. The number of carbonyl (C=O) groups excluding carboxylic acids is 1. The van der Waals surface area contributed by atoms with Gasteiger partial charge in [0.05, 0.1) is 8.07 Å². The molecular formula is C19H30BrNOSi. The molecule has 0 bridgehead atoms. The predicted octanol–water partition coefficient (Wildman–Crippen LogP) is 6.04. The van der Waals surface area contributed by atoms with Gasteiger partial charge in [-0.15, -0.1) is 0 Å². The highest BCUT2D eigenvalue weighted by atomic mass is 79.9. The van der Waals surface area contributed by atoms with Gasteiger partial charge in [0.15, 0.2) is 0 Å². The van der Waals surface area contributed by atoms with Crippen molar-refractivity contribution in [2.45, 2.75) is 58.2 Å². The molecule has 0 radical (unpaired) electrons. The summed E-state index contributed by atoms with van der Waals surface area (Å²) in [6, 6.07) is 5.91. The lowest BCUT2D eigenvalue weighted by molar-refractivity contribution is 0.0963. The van der Waals surface area contributed by atoms with Crippen molar-refractivity contribution < 1.29 is 4.79 Å². The molecule has 0 fully saturated rings. The van der Waals surface area contributed by atoms with Gasteiger partial charge in [-0.25, -0.2) is 0 Å². The van der Waals surface area contributed by atoms with Gasteiger partial charge >= 0.3 is 0 Å². The summed E-state index contributed by atoms with van der Waals surface area (Å²) in [4.78, 5) is 12.2. The molecule has 0 saturated carbocycles. The molecule has 128 valence electrons. The average Bonchev–Trinajstić information content (AvgIpc) is 2.47. The van der Waals surface area contributed by atoms with E-state index in [-0.39, 0.29) is 5.91 Å². The molecule has 1 aromatic carbocycles. The van der Waals surface area contributed by atoms with Gasteiger partial charge in [-0.3, -0.25) is 4.79 Å². The maximum absolute atomic E-state index is 12.2. The molecule has 1 rings (SSSR count). The van der Waals surface area contributed by atoms with Crippen LogP contribution in [0.15, 0.2) is 28.4 Å². The molecular weight excluding hydrogens is 366 g/mol. The van der Waals surface area contributed by atoms with Gasteiger partial charge in [0.2, 0.25) is 0 Å². The molecule has 0 unspecified atom stereocenters. The molecule has 0 aliphatic rings. The lowest BCUT2D eigenvalue weighted by Crippen LogP contribution is -2.42. The Balaban J connectivity index is 3.38. The topological polar surface area (TPSA) is 29.1 Å². The summed E-state index contributed by atoms with van der Waals surface area (Å²) in [6.45, 7) is 14.1. The SMILES string of the molecule is CNC(=O)c1cc(Br)ccc1/C=C/[Si](C(C)C)(C(C)C)C(C)C. The lowest BCUT2D eigenvalue weighted by atomic mass is 10.1. The fourth-order valence-corrected chi connectivity index (χ4v) is 9.80. The van der Waals surface area contributed by atoms with Crippen LogP contribution in [0.5, 0.6) is 0 Å². The van der Waals surface area contributed by atoms with Crippen molar-refractivity contribution >= 4 is 36.0 Å². The summed E-state index contributed by atoms with van der Waals surface area (Å²) in [5.74, 6) is -0.0446. The highest BCUT2D eigenvalue weighted by Gasteiger charge is 2.40. The monoisotopic (exact) mass is 395 g/mol. The van der Waals surface area contributed by atoms with Crippen LogP contribution >= 0.6 is 15.9 Å². The highest BCUT2D eigenvalue weighted by molar-refractivity contribution is 9.10. The summed E-state index contributed by atoms with van der Waals surface area (Å²) in [7, 11) is 0.0569. The Morgan fingerprint density at radius 1 is 1.09 bits per heavy atom. The van der Waals surface area contributed by atoms with Gasteiger partial charge in [-0.05, 0) is 34.3 Å². The van der Waals surface area contributed by atoms with E-state index in [1.165, 1.54) is 0 Å². The summed E-state index contributed by atoms with van der Waals surface area (Å²) in [5, 5.41) is 2.73. The van der Waals surface area contributed by atoms with Crippen LogP contribution in [-0.2, 0) is 0 Å². The molecule has 0 heterocycles. The fraction of sp³-hybridized carbons (Fsp3) is 0.526. The van der Waals surface area contributed by atoms with E-state index in [9.17, 15) is 4.79 Å². The van der Waals surface area contributed by atoms with E-state index in [1.54, 1.807) is 7.05 Å². The van der Waals surface area contributed by atoms with Gasteiger partial charge in [0.25, 0.3) is 5.91 Å². The third-order valence-corrected chi connectivity index (χ3v) is 12.3. The third kappa shape index (κ3) is 4.36. The second kappa shape index (κ2) is 8.29. The molecule has 0 aromatic heterocycles. The third-order valence-electron chi connectivity index (χ3n) is 5.04. The maximum Gasteiger partial charge on any atom is 0.251 e.